The molecule has 0 fully saturated rings. The zero-order valence-electron chi connectivity index (χ0n) is 4.55. The molecule has 0 aliphatic heterocycles. The van der Waals surface area contributed by atoms with Crippen molar-refractivity contribution < 1.29 is 4.79 Å². The third-order valence-electron chi connectivity index (χ3n) is 0.797. The molecule has 7 heavy (non-hydrogen) atoms. The highest BCUT2D eigenvalue weighted by atomic mass is 16.1. The van der Waals surface area contributed by atoms with Gasteiger partial charge in [0, 0.05) is 0 Å². The van der Waals surface area contributed by atoms with Gasteiger partial charge in [0.15, 0.2) is 0 Å². The van der Waals surface area contributed by atoms with Gasteiger partial charge in [0.1, 0.15) is 6.29 Å². The summed E-state index contributed by atoms with van der Waals surface area (Å²) in [5, 5.41) is 0. The van der Waals surface area contributed by atoms with Crippen molar-refractivity contribution in [3.05, 3.63) is 0 Å². The lowest BCUT2D eigenvalue weighted by Gasteiger charge is -1.95. The summed E-state index contributed by atoms with van der Waals surface area (Å²) in [6.45, 7) is 2.00. The van der Waals surface area contributed by atoms with Crippen molar-refractivity contribution in [1.29, 1.82) is 0 Å². The van der Waals surface area contributed by atoms with Crippen LogP contribution in [0.5, 0.6) is 0 Å². The molecule has 2 heteroatoms. The van der Waals surface area contributed by atoms with Gasteiger partial charge in [0.05, 0.1) is 6.04 Å². The predicted molar refractivity (Wildman–Crippen MR) is 28.9 cm³/mol. The lowest BCUT2D eigenvalue weighted by Crippen LogP contribution is -2.20. The van der Waals surface area contributed by atoms with Crippen molar-refractivity contribution in [2.45, 2.75) is 25.8 Å². The van der Waals surface area contributed by atoms with Crippen LogP contribution in [-0.2, 0) is 4.79 Å². The molecule has 0 saturated carbocycles. The summed E-state index contributed by atoms with van der Waals surface area (Å²) in [6.07, 6.45) is 2.58. The van der Waals surface area contributed by atoms with Crippen molar-refractivity contribution in [3.8, 4) is 0 Å². The van der Waals surface area contributed by atoms with Crippen molar-refractivity contribution in [2.75, 3.05) is 0 Å². The van der Waals surface area contributed by atoms with Gasteiger partial charge >= 0.3 is 0 Å². The fourth-order valence-electron chi connectivity index (χ4n) is 0.401. The summed E-state index contributed by atoms with van der Waals surface area (Å²) in [5.74, 6) is 0. The highest BCUT2D eigenvalue weighted by molar-refractivity contribution is 5.56. The van der Waals surface area contributed by atoms with E-state index in [1.54, 1.807) is 0 Å². The molecular weight excluding hydrogens is 90.1 g/mol. The Morgan fingerprint density at radius 1 is 1.86 bits per heavy atom. The third kappa shape index (κ3) is 3.46. The molecule has 0 aromatic carbocycles. The molecule has 2 N–H and O–H groups in total. The molecule has 0 spiro atoms. The molecule has 0 heterocycles. The average molecular weight is 101 g/mol. The van der Waals surface area contributed by atoms with Crippen LogP contribution in [0.15, 0.2) is 0 Å². The maximum absolute atomic E-state index is 9.77. The summed E-state index contributed by atoms with van der Waals surface area (Å²) in [5.41, 5.74) is 5.22. The molecule has 1 atom stereocenters. The number of aldehydes is 1. The molecule has 2 nitrogen and oxygen atoms in total. The molecule has 0 bridgehead atoms. The van der Waals surface area contributed by atoms with Crippen LogP contribution in [-0.4, -0.2) is 12.3 Å². The van der Waals surface area contributed by atoms with Gasteiger partial charge in [0.2, 0.25) is 0 Å². The van der Waals surface area contributed by atoms with E-state index in [2.05, 4.69) is 0 Å². The molecule has 42 valence electrons. The van der Waals surface area contributed by atoms with Gasteiger partial charge in [-0.05, 0) is 6.42 Å². The summed E-state index contributed by atoms with van der Waals surface area (Å²) in [7, 11) is 0. The van der Waals surface area contributed by atoms with E-state index in [0.29, 0.717) is 0 Å². The smallest absolute Gasteiger partial charge is 0.136 e. The zero-order valence-corrected chi connectivity index (χ0v) is 4.55. The Hall–Kier alpha value is -0.370. The Kier molecular flexibility index (Phi) is 3.61. The zero-order chi connectivity index (χ0) is 5.70. The second-order valence-corrected chi connectivity index (χ2v) is 1.59. The van der Waals surface area contributed by atoms with E-state index in [1.165, 1.54) is 0 Å². The van der Waals surface area contributed by atoms with Crippen LogP contribution in [0.2, 0.25) is 0 Å². The van der Waals surface area contributed by atoms with Crippen LogP contribution in [0.3, 0.4) is 0 Å². The van der Waals surface area contributed by atoms with Crippen LogP contribution in [0.4, 0.5) is 0 Å². The molecule has 0 aliphatic carbocycles. The van der Waals surface area contributed by atoms with E-state index in [1.807, 2.05) is 6.92 Å². The summed E-state index contributed by atoms with van der Waals surface area (Å²) in [4.78, 5) is 9.77. The van der Waals surface area contributed by atoms with E-state index in [9.17, 15) is 4.79 Å². The summed E-state index contributed by atoms with van der Waals surface area (Å²) in [6, 6.07) is -0.231. The SMILES string of the molecule is CCC[C@@H](N)C=O. The van der Waals surface area contributed by atoms with Gasteiger partial charge in [-0.3, -0.25) is 0 Å². The fourth-order valence-corrected chi connectivity index (χ4v) is 0.401. The van der Waals surface area contributed by atoms with Crippen LogP contribution in [0, 0.1) is 0 Å². The van der Waals surface area contributed by atoms with Crippen LogP contribution in [0.1, 0.15) is 19.8 Å². The quantitative estimate of drug-likeness (QED) is 0.520. The Balaban J connectivity index is 2.98. The Morgan fingerprint density at radius 3 is 2.57 bits per heavy atom. The highest BCUT2D eigenvalue weighted by Crippen LogP contribution is 1.87. The molecule has 0 aromatic heterocycles. The van der Waals surface area contributed by atoms with Gasteiger partial charge in [-0.15, -0.1) is 0 Å². The minimum atomic E-state index is -0.231. The van der Waals surface area contributed by atoms with Crippen LogP contribution < -0.4 is 5.73 Å². The molecule has 0 rings (SSSR count). The number of carbonyl (C=O) groups is 1. The van der Waals surface area contributed by atoms with Crippen molar-refractivity contribution in [3.63, 3.8) is 0 Å². The van der Waals surface area contributed by atoms with Crippen molar-refractivity contribution in [2.24, 2.45) is 5.73 Å². The maximum atomic E-state index is 9.77. The topological polar surface area (TPSA) is 43.1 Å². The first-order valence-electron chi connectivity index (χ1n) is 2.52. The number of hydrogen-bond acceptors (Lipinski definition) is 2. The highest BCUT2D eigenvalue weighted by Gasteiger charge is 1.93. The maximum Gasteiger partial charge on any atom is 0.136 e. The van der Waals surface area contributed by atoms with E-state index in [-0.39, 0.29) is 6.04 Å². The van der Waals surface area contributed by atoms with Gasteiger partial charge < -0.3 is 10.5 Å². The Morgan fingerprint density at radius 2 is 2.43 bits per heavy atom. The van der Waals surface area contributed by atoms with E-state index in [4.69, 9.17) is 5.73 Å². The first kappa shape index (κ1) is 6.63. The van der Waals surface area contributed by atoms with Gasteiger partial charge in [-0.1, -0.05) is 13.3 Å². The lowest BCUT2D eigenvalue weighted by atomic mass is 10.2. The number of hydrogen-bond donors (Lipinski definition) is 1. The largest absolute Gasteiger partial charge is 0.322 e. The molecular formula is C5H11NO. The first-order valence-corrected chi connectivity index (χ1v) is 2.52. The van der Waals surface area contributed by atoms with Crippen molar-refractivity contribution >= 4 is 6.29 Å². The fraction of sp³-hybridized carbons (Fsp3) is 0.800. The Labute approximate surface area is 43.7 Å². The predicted octanol–water partition coefficient (Wildman–Crippen LogP) is 0.313. The lowest BCUT2D eigenvalue weighted by molar-refractivity contribution is -0.109. The second kappa shape index (κ2) is 3.81. The van der Waals surface area contributed by atoms with Gasteiger partial charge in [-0.25, -0.2) is 0 Å². The molecule has 0 radical (unpaired) electrons. The third-order valence-corrected chi connectivity index (χ3v) is 0.797. The van der Waals surface area contributed by atoms with Crippen LogP contribution >= 0.6 is 0 Å². The molecule has 0 saturated heterocycles. The molecule has 0 amide bonds. The molecule has 0 unspecified atom stereocenters. The molecule has 0 aromatic rings. The first-order chi connectivity index (χ1) is 3.31. The minimum Gasteiger partial charge on any atom is -0.322 e. The van der Waals surface area contributed by atoms with Crippen molar-refractivity contribution in [1.82, 2.24) is 0 Å². The number of carbonyl (C=O) groups excluding carboxylic acids is 1. The van der Waals surface area contributed by atoms with E-state index < -0.39 is 0 Å². The Bertz CT molecular complexity index is 54.0. The second-order valence-electron chi connectivity index (χ2n) is 1.59. The standard InChI is InChI=1S/C5H11NO/c1-2-3-5(6)4-7/h4-5H,2-3,6H2,1H3/t5-/m1/s1. The van der Waals surface area contributed by atoms with Crippen LogP contribution in [0.25, 0.3) is 0 Å². The summed E-state index contributed by atoms with van der Waals surface area (Å²) < 4.78 is 0. The monoisotopic (exact) mass is 101 g/mol. The minimum absolute atomic E-state index is 0.231. The van der Waals surface area contributed by atoms with Gasteiger partial charge in [0.25, 0.3) is 0 Å². The van der Waals surface area contributed by atoms with E-state index >= 15 is 0 Å². The van der Waals surface area contributed by atoms with E-state index in [0.717, 1.165) is 19.1 Å². The number of rotatable bonds is 3. The average Bonchev–Trinajstić information content (AvgIpc) is 1.68. The summed E-state index contributed by atoms with van der Waals surface area (Å²) >= 11 is 0. The molecule has 0 aliphatic rings. The van der Waals surface area contributed by atoms with Gasteiger partial charge in [-0.2, -0.15) is 0 Å². The number of nitrogens with two attached hydrogens (primary N) is 1. The normalized spacial score (nSPS) is 13.4.